The third-order valence-electron chi connectivity index (χ3n) is 11.9. The highest BCUT2D eigenvalue weighted by Crippen LogP contribution is 2.40. The average molecular weight is 721 g/mol. The average Bonchev–Trinajstić information content (AvgIpc) is 3.98. The number of fused-ring (bicyclic) bond motifs is 1. The lowest BCUT2D eigenvalue weighted by Gasteiger charge is -2.21. The number of ketones is 2. The van der Waals surface area contributed by atoms with Crippen molar-refractivity contribution in [2.24, 2.45) is 17.8 Å². The lowest BCUT2D eigenvalue weighted by molar-refractivity contribution is -0.128. The summed E-state index contributed by atoms with van der Waals surface area (Å²) in [5.74, 6) is 1.19. The summed E-state index contributed by atoms with van der Waals surface area (Å²) in [7, 11) is 0. The normalized spacial score (nSPS) is 24.5. The summed E-state index contributed by atoms with van der Waals surface area (Å²) in [5, 5.41) is 22.3. The number of likely N-dealkylation sites (tertiary alicyclic amines) is 1. The first kappa shape index (κ1) is 36.9. The Morgan fingerprint density at radius 1 is 0.830 bits per heavy atom. The van der Waals surface area contributed by atoms with Gasteiger partial charge in [-0.3, -0.25) is 14.4 Å². The monoisotopic (exact) mass is 720 g/mol. The van der Waals surface area contributed by atoms with Gasteiger partial charge in [0.2, 0.25) is 11.9 Å². The molecule has 0 bridgehead atoms. The van der Waals surface area contributed by atoms with Crippen molar-refractivity contribution < 1.29 is 24.6 Å². The lowest BCUT2D eigenvalue weighted by atomic mass is 9.87. The Kier molecular flexibility index (Phi) is 11.3. The molecule has 0 unspecified atom stereocenters. The molecular weight excluding hydrogens is 668 g/mol. The number of aliphatic hydroxyl groups excluding tert-OH is 2. The van der Waals surface area contributed by atoms with Crippen molar-refractivity contribution in [1.29, 1.82) is 0 Å². The molecule has 3 fully saturated rings. The maximum atomic E-state index is 13.2. The highest BCUT2D eigenvalue weighted by molar-refractivity contribution is 5.80. The van der Waals surface area contributed by atoms with Gasteiger partial charge in [-0.05, 0) is 61.0 Å². The van der Waals surface area contributed by atoms with Gasteiger partial charge in [-0.2, -0.15) is 4.98 Å². The van der Waals surface area contributed by atoms with Crippen LogP contribution in [0.3, 0.4) is 0 Å². The van der Waals surface area contributed by atoms with Gasteiger partial charge in [-0.1, -0.05) is 67.6 Å². The van der Waals surface area contributed by atoms with E-state index in [2.05, 4.69) is 53.4 Å². The number of aliphatic hydroxyl groups is 2. The van der Waals surface area contributed by atoms with Crippen LogP contribution < -0.4 is 4.90 Å². The van der Waals surface area contributed by atoms with Crippen molar-refractivity contribution in [3.05, 3.63) is 83.8 Å². The molecule has 0 radical (unpaired) electrons. The van der Waals surface area contributed by atoms with Crippen LogP contribution in [0, 0.1) is 17.8 Å². The first-order chi connectivity index (χ1) is 25.7. The molecule has 1 saturated carbocycles. The number of benzene rings is 2. The van der Waals surface area contributed by atoms with E-state index in [1.165, 1.54) is 11.1 Å². The van der Waals surface area contributed by atoms with E-state index in [1.807, 2.05) is 28.5 Å². The second kappa shape index (κ2) is 16.3. The predicted octanol–water partition coefficient (Wildman–Crippen LogP) is 5.29. The van der Waals surface area contributed by atoms with Crippen molar-refractivity contribution in [1.82, 2.24) is 24.4 Å². The zero-order valence-electron chi connectivity index (χ0n) is 30.9. The summed E-state index contributed by atoms with van der Waals surface area (Å²) in [6.07, 6.45) is 4.86. The Morgan fingerprint density at radius 3 is 2.13 bits per heavy atom. The van der Waals surface area contributed by atoms with Gasteiger partial charge in [-0.15, -0.1) is 0 Å². The maximum Gasteiger partial charge on any atom is 0.227 e. The molecule has 2 aromatic carbocycles. The van der Waals surface area contributed by atoms with Crippen LogP contribution in [0.15, 0.2) is 67.0 Å². The molecule has 2 aromatic heterocycles. The zero-order chi connectivity index (χ0) is 37.1. The van der Waals surface area contributed by atoms with E-state index in [-0.39, 0.29) is 47.6 Å². The fraction of sp³-hybridized carbons (Fsp3) is 0.524. The molecule has 280 valence electrons. The van der Waals surface area contributed by atoms with Gasteiger partial charge >= 0.3 is 0 Å². The number of Topliss-reactive ketones (excluding diaryl/α,β-unsaturated/α-hetero) is 2. The third kappa shape index (κ3) is 8.21. The number of aromatic nitrogens is 4. The number of imidazole rings is 1. The number of aryl methyl sites for hydroxylation is 1. The minimum atomic E-state index is -1.06. The summed E-state index contributed by atoms with van der Waals surface area (Å²) >= 11 is 0. The van der Waals surface area contributed by atoms with Gasteiger partial charge in [0.05, 0.1) is 24.2 Å². The van der Waals surface area contributed by atoms with E-state index in [9.17, 15) is 24.6 Å². The van der Waals surface area contributed by atoms with E-state index >= 15 is 0 Å². The van der Waals surface area contributed by atoms with Crippen LogP contribution in [0.1, 0.15) is 94.0 Å². The smallest absolute Gasteiger partial charge is 0.227 e. The molecule has 2 N–H and O–H groups in total. The molecule has 1 aliphatic carbocycles. The van der Waals surface area contributed by atoms with Crippen molar-refractivity contribution in [3.8, 4) is 0 Å². The zero-order valence-corrected chi connectivity index (χ0v) is 30.9. The molecule has 2 saturated heterocycles. The standard InChI is InChI=1S/C42H52N6O5/c1-3-33(50)22-32-23-37(40(53)39(32)52)48-26-43-38-36(15-14-35(30-10-6-4-7-11-30)31-12-8-5-9-13-31)44-42(45-41(38)48)47-19-17-29(25-47)21-34(51)20-28-16-18-46(24-28)27(2)49/h4-13,26,28-29,32,35,37,39-40,52-53H,3,14-25H2,1-2H3/t28-,29-,32-,37+,39+,40-/m0/s1. The number of carbonyl (C=O) groups is 3. The number of amides is 1. The first-order valence-corrected chi connectivity index (χ1v) is 19.4. The molecule has 11 nitrogen and oxygen atoms in total. The Labute approximate surface area is 311 Å². The number of carbonyl (C=O) groups excluding carboxylic acids is 3. The molecule has 6 atom stereocenters. The molecule has 0 spiro atoms. The molecule has 2 aliphatic heterocycles. The van der Waals surface area contributed by atoms with Crippen molar-refractivity contribution in [3.63, 3.8) is 0 Å². The summed E-state index contributed by atoms with van der Waals surface area (Å²) in [4.78, 5) is 56.4. The van der Waals surface area contributed by atoms with Crippen LogP contribution in [0.2, 0.25) is 0 Å². The number of anilines is 1. The minimum Gasteiger partial charge on any atom is -0.390 e. The van der Waals surface area contributed by atoms with E-state index in [0.29, 0.717) is 62.3 Å². The number of hydrogen-bond acceptors (Lipinski definition) is 9. The SMILES string of the molecule is CCC(=O)C[C@H]1C[C@@H](n2cnc3c(CCC(c4ccccc4)c4ccccc4)nc(N4CC[C@@H](CC(=O)C[C@@H]5CCN(C(C)=O)C5)C4)nc32)[C@H](O)[C@@H]1O. The summed E-state index contributed by atoms with van der Waals surface area (Å²) in [6.45, 7) is 6.19. The van der Waals surface area contributed by atoms with Crippen LogP contribution in [0.5, 0.6) is 0 Å². The van der Waals surface area contributed by atoms with E-state index in [1.54, 1.807) is 13.3 Å². The molecule has 53 heavy (non-hydrogen) atoms. The van der Waals surface area contributed by atoms with Gasteiger partial charge in [-0.25, -0.2) is 9.97 Å². The van der Waals surface area contributed by atoms with Crippen LogP contribution in [0.4, 0.5) is 5.95 Å². The topological polar surface area (TPSA) is 142 Å². The Balaban J connectivity index is 1.15. The quantitative estimate of drug-likeness (QED) is 0.178. The maximum absolute atomic E-state index is 13.2. The molecule has 4 aromatic rings. The third-order valence-corrected chi connectivity index (χ3v) is 11.9. The second-order valence-electron chi connectivity index (χ2n) is 15.5. The Morgan fingerprint density at radius 2 is 1.49 bits per heavy atom. The lowest BCUT2D eigenvalue weighted by Crippen LogP contribution is -2.30. The number of hydrogen-bond donors (Lipinski definition) is 2. The van der Waals surface area contributed by atoms with Gasteiger partial charge in [0.25, 0.3) is 0 Å². The van der Waals surface area contributed by atoms with Crippen LogP contribution in [0.25, 0.3) is 11.2 Å². The van der Waals surface area contributed by atoms with Crippen molar-refractivity contribution in [2.75, 3.05) is 31.1 Å². The van der Waals surface area contributed by atoms with Crippen LogP contribution >= 0.6 is 0 Å². The van der Waals surface area contributed by atoms with Gasteiger partial charge in [0.1, 0.15) is 23.2 Å². The van der Waals surface area contributed by atoms with E-state index in [0.717, 1.165) is 38.0 Å². The fourth-order valence-corrected chi connectivity index (χ4v) is 8.91. The van der Waals surface area contributed by atoms with Crippen LogP contribution in [-0.4, -0.2) is 90.5 Å². The summed E-state index contributed by atoms with van der Waals surface area (Å²) in [6, 6.07) is 20.5. The first-order valence-electron chi connectivity index (χ1n) is 19.4. The minimum absolute atomic E-state index is 0.0685. The molecule has 1 amide bonds. The Hall–Kier alpha value is -4.48. The van der Waals surface area contributed by atoms with Crippen molar-refractivity contribution >= 4 is 34.6 Å². The van der Waals surface area contributed by atoms with Crippen molar-refractivity contribution in [2.45, 2.75) is 95.8 Å². The summed E-state index contributed by atoms with van der Waals surface area (Å²) in [5.41, 5.74) is 4.55. The molecule has 7 rings (SSSR count). The number of nitrogens with zero attached hydrogens (tertiary/aromatic N) is 6. The highest BCUT2D eigenvalue weighted by atomic mass is 16.3. The van der Waals surface area contributed by atoms with Crippen LogP contribution in [-0.2, 0) is 20.8 Å². The molecule has 11 heteroatoms. The highest BCUT2D eigenvalue weighted by Gasteiger charge is 2.44. The van der Waals surface area contributed by atoms with Gasteiger partial charge < -0.3 is 24.6 Å². The van der Waals surface area contributed by atoms with Gasteiger partial charge in [0, 0.05) is 64.7 Å². The van der Waals surface area contributed by atoms with Gasteiger partial charge in [0.15, 0.2) is 5.65 Å². The number of rotatable bonds is 14. The van der Waals surface area contributed by atoms with E-state index in [4.69, 9.17) is 15.0 Å². The Bertz CT molecular complexity index is 1860. The van der Waals surface area contributed by atoms with E-state index < -0.39 is 18.2 Å². The predicted molar refractivity (Wildman–Crippen MR) is 202 cm³/mol. The largest absolute Gasteiger partial charge is 0.390 e. The molecule has 3 aliphatic rings. The summed E-state index contributed by atoms with van der Waals surface area (Å²) < 4.78 is 1.88. The second-order valence-corrected chi connectivity index (χ2v) is 15.5. The molecule has 4 heterocycles. The fourth-order valence-electron chi connectivity index (χ4n) is 8.91. The molecular formula is C42H52N6O5.